The standard InChI is InChI=1S/C8H16O3/c1-2-7(3-4-9)10-5-8-6-11-8/h7-9H,2-6H2,1H3. The van der Waals surface area contributed by atoms with Crippen molar-refractivity contribution in [1.82, 2.24) is 0 Å². The summed E-state index contributed by atoms with van der Waals surface area (Å²) in [4.78, 5) is 0. The van der Waals surface area contributed by atoms with Gasteiger partial charge in [-0.2, -0.15) is 0 Å². The molecule has 0 radical (unpaired) electrons. The Balaban J connectivity index is 1.98. The third kappa shape index (κ3) is 3.70. The molecule has 1 aliphatic rings. The van der Waals surface area contributed by atoms with E-state index in [1.807, 2.05) is 0 Å². The van der Waals surface area contributed by atoms with Gasteiger partial charge in [-0.1, -0.05) is 6.92 Å². The zero-order chi connectivity index (χ0) is 8.10. The SMILES string of the molecule is CCC(CCO)OCC1CO1. The molecule has 0 aromatic carbocycles. The van der Waals surface area contributed by atoms with Crippen molar-refractivity contribution in [2.24, 2.45) is 0 Å². The molecule has 3 heteroatoms. The van der Waals surface area contributed by atoms with Crippen LogP contribution in [0.4, 0.5) is 0 Å². The Hall–Kier alpha value is -0.120. The summed E-state index contributed by atoms with van der Waals surface area (Å²) in [5, 5.41) is 8.64. The fourth-order valence-electron chi connectivity index (χ4n) is 0.957. The average molecular weight is 160 g/mol. The van der Waals surface area contributed by atoms with Gasteiger partial charge in [-0.15, -0.1) is 0 Å². The highest BCUT2D eigenvalue weighted by Gasteiger charge is 2.23. The zero-order valence-electron chi connectivity index (χ0n) is 6.95. The predicted molar refractivity (Wildman–Crippen MR) is 41.5 cm³/mol. The summed E-state index contributed by atoms with van der Waals surface area (Å²) in [6.07, 6.45) is 2.25. The first-order valence-corrected chi connectivity index (χ1v) is 4.21. The second-order valence-electron chi connectivity index (χ2n) is 2.83. The molecule has 11 heavy (non-hydrogen) atoms. The van der Waals surface area contributed by atoms with Crippen LogP contribution in [0.2, 0.25) is 0 Å². The van der Waals surface area contributed by atoms with Gasteiger partial charge >= 0.3 is 0 Å². The van der Waals surface area contributed by atoms with E-state index in [9.17, 15) is 0 Å². The number of hydrogen-bond donors (Lipinski definition) is 1. The zero-order valence-corrected chi connectivity index (χ0v) is 6.95. The van der Waals surface area contributed by atoms with Crippen molar-refractivity contribution in [3.63, 3.8) is 0 Å². The summed E-state index contributed by atoms with van der Waals surface area (Å²) in [5.41, 5.74) is 0. The van der Waals surface area contributed by atoms with Crippen LogP contribution >= 0.6 is 0 Å². The maximum Gasteiger partial charge on any atom is 0.104 e. The Morgan fingerprint density at radius 3 is 2.91 bits per heavy atom. The molecule has 66 valence electrons. The summed E-state index contributed by atoms with van der Waals surface area (Å²) >= 11 is 0. The van der Waals surface area contributed by atoms with Gasteiger partial charge in [0.2, 0.25) is 0 Å². The lowest BCUT2D eigenvalue weighted by atomic mass is 10.2. The molecule has 0 bridgehead atoms. The van der Waals surface area contributed by atoms with Crippen LogP contribution in [0.1, 0.15) is 19.8 Å². The number of aliphatic hydroxyl groups is 1. The molecule has 0 saturated carbocycles. The van der Waals surface area contributed by atoms with E-state index in [0.29, 0.717) is 12.7 Å². The molecular weight excluding hydrogens is 144 g/mol. The van der Waals surface area contributed by atoms with Crippen LogP contribution in [0.15, 0.2) is 0 Å². The van der Waals surface area contributed by atoms with Crippen LogP contribution in [0, 0.1) is 0 Å². The van der Waals surface area contributed by atoms with Crippen LogP contribution in [0.3, 0.4) is 0 Å². The van der Waals surface area contributed by atoms with E-state index in [1.54, 1.807) is 0 Å². The van der Waals surface area contributed by atoms with Gasteiger partial charge in [0, 0.05) is 6.61 Å². The molecular formula is C8H16O3. The van der Waals surface area contributed by atoms with Crippen molar-refractivity contribution in [2.45, 2.75) is 32.0 Å². The van der Waals surface area contributed by atoms with Crippen LogP contribution in [0.25, 0.3) is 0 Å². The molecule has 1 saturated heterocycles. The number of ether oxygens (including phenoxy) is 2. The second kappa shape index (κ2) is 4.70. The van der Waals surface area contributed by atoms with Crippen LogP contribution in [-0.2, 0) is 9.47 Å². The van der Waals surface area contributed by atoms with Crippen LogP contribution in [0.5, 0.6) is 0 Å². The summed E-state index contributed by atoms with van der Waals surface area (Å²) in [6.45, 7) is 3.81. The molecule has 0 aromatic heterocycles. The van der Waals surface area contributed by atoms with E-state index in [2.05, 4.69) is 6.92 Å². The van der Waals surface area contributed by atoms with Gasteiger partial charge in [-0.25, -0.2) is 0 Å². The molecule has 1 heterocycles. The van der Waals surface area contributed by atoms with E-state index in [-0.39, 0.29) is 12.7 Å². The van der Waals surface area contributed by atoms with Gasteiger partial charge in [0.15, 0.2) is 0 Å². The van der Waals surface area contributed by atoms with E-state index in [0.717, 1.165) is 19.4 Å². The van der Waals surface area contributed by atoms with Crippen LogP contribution in [-0.4, -0.2) is 37.1 Å². The first-order chi connectivity index (χ1) is 5.36. The lowest BCUT2D eigenvalue weighted by Gasteiger charge is -2.13. The summed E-state index contributed by atoms with van der Waals surface area (Å²) in [7, 11) is 0. The lowest BCUT2D eigenvalue weighted by Crippen LogP contribution is -2.16. The Labute approximate surface area is 67.3 Å². The van der Waals surface area contributed by atoms with Crippen molar-refractivity contribution >= 4 is 0 Å². The fraction of sp³-hybridized carbons (Fsp3) is 1.00. The minimum atomic E-state index is 0.212. The van der Waals surface area contributed by atoms with E-state index in [4.69, 9.17) is 14.6 Å². The second-order valence-corrected chi connectivity index (χ2v) is 2.83. The maximum atomic E-state index is 8.64. The Morgan fingerprint density at radius 1 is 1.73 bits per heavy atom. The summed E-state index contributed by atoms with van der Waals surface area (Å²) in [5.74, 6) is 0. The molecule has 3 nitrogen and oxygen atoms in total. The molecule has 0 aromatic rings. The van der Waals surface area contributed by atoms with Gasteiger partial charge in [0.05, 0.1) is 19.3 Å². The van der Waals surface area contributed by atoms with Crippen molar-refractivity contribution in [1.29, 1.82) is 0 Å². The Morgan fingerprint density at radius 2 is 2.45 bits per heavy atom. The highest BCUT2D eigenvalue weighted by molar-refractivity contribution is 4.68. The molecule has 1 rings (SSSR count). The lowest BCUT2D eigenvalue weighted by molar-refractivity contribution is 0.0248. The summed E-state index contributed by atoms with van der Waals surface area (Å²) < 4.78 is 10.5. The molecule has 0 amide bonds. The fourth-order valence-corrected chi connectivity index (χ4v) is 0.957. The van der Waals surface area contributed by atoms with Gasteiger partial charge < -0.3 is 14.6 Å². The number of aliphatic hydroxyl groups excluding tert-OH is 1. The maximum absolute atomic E-state index is 8.64. The van der Waals surface area contributed by atoms with Gasteiger partial charge in [-0.05, 0) is 12.8 Å². The first-order valence-electron chi connectivity index (χ1n) is 4.21. The van der Waals surface area contributed by atoms with E-state index < -0.39 is 0 Å². The first kappa shape index (κ1) is 8.97. The van der Waals surface area contributed by atoms with Gasteiger partial charge in [0.1, 0.15) is 6.10 Å². The minimum absolute atomic E-state index is 0.212. The third-order valence-corrected chi connectivity index (χ3v) is 1.83. The summed E-state index contributed by atoms with van der Waals surface area (Å²) in [6, 6.07) is 0. The molecule has 0 spiro atoms. The van der Waals surface area contributed by atoms with Crippen molar-refractivity contribution < 1.29 is 14.6 Å². The number of epoxide rings is 1. The highest BCUT2D eigenvalue weighted by atomic mass is 16.6. The van der Waals surface area contributed by atoms with E-state index in [1.165, 1.54) is 0 Å². The van der Waals surface area contributed by atoms with Crippen molar-refractivity contribution in [3.8, 4) is 0 Å². The Bertz CT molecular complexity index is 102. The third-order valence-electron chi connectivity index (χ3n) is 1.83. The normalized spacial score (nSPS) is 25.1. The van der Waals surface area contributed by atoms with Gasteiger partial charge in [0.25, 0.3) is 0 Å². The Kier molecular flexibility index (Phi) is 3.83. The number of hydrogen-bond acceptors (Lipinski definition) is 3. The molecule has 2 atom stereocenters. The minimum Gasteiger partial charge on any atom is -0.396 e. The highest BCUT2D eigenvalue weighted by Crippen LogP contribution is 2.12. The monoisotopic (exact) mass is 160 g/mol. The quantitative estimate of drug-likeness (QED) is 0.577. The molecule has 0 aliphatic carbocycles. The smallest absolute Gasteiger partial charge is 0.104 e. The predicted octanol–water partition coefficient (Wildman–Crippen LogP) is 0.563. The average Bonchev–Trinajstić information content (AvgIpc) is 2.81. The molecule has 2 unspecified atom stereocenters. The number of rotatable bonds is 6. The molecule has 1 N–H and O–H groups in total. The topological polar surface area (TPSA) is 42.0 Å². The van der Waals surface area contributed by atoms with Crippen molar-refractivity contribution in [2.75, 3.05) is 19.8 Å². The molecule has 1 fully saturated rings. The van der Waals surface area contributed by atoms with Crippen molar-refractivity contribution in [3.05, 3.63) is 0 Å². The largest absolute Gasteiger partial charge is 0.396 e. The van der Waals surface area contributed by atoms with Crippen LogP contribution < -0.4 is 0 Å². The molecule has 1 aliphatic heterocycles. The van der Waals surface area contributed by atoms with E-state index >= 15 is 0 Å². The van der Waals surface area contributed by atoms with Gasteiger partial charge in [-0.3, -0.25) is 0 Å².